The number of rotatable bonds is 3. The molecule has 5 nitrogen and oxygen atoms in total. The van der Waals surface area contributed by atoms with Crippen LogP contribution >= 0.6 is 0 Å². The molecule has 0 spiro atoms. The van der Waals surface area contributed by atoms with E-state index in [0.717, 1.165) is 5.56 Å². The van der Waals surface area contributed by atoms with E-state index >= 15 is 0 Å². The van der Waals surface area contributed by atoms with Gasteiger partial charge in [0.05, 0.1) is 12.8 Å². The summed E-state index contributed by atoms with van der Waals surface area (Å²) >= 11 is 0. The number of amides is 1. The van der Waals surface area contributed by atoms with E-state index in [1.807, 2.05) is 0 Å². The predicted molar refractivity (Wildman–Crippen MR) is 87.6 cm³/mol. The molecule has 0 saturated heterocycles. The Bertz CT molecular complexity index is 1010. The van der Waals surface area contributed by atoms with Crippen LogP contribution < -0.4 is 16.0 Å². The average Bonchev–Trinajstić information content (AvgIpc) is 2.56. The Morgan fingerprint density at radius 1 is 1.25 bits per heavy atom. The van der Waals surface area contributed by atoms with Crippen molar-refractivity contribution in [1.29, 1.82) is 0 Å². The largest absolute Gasteiger partial charge is 0.493 e. The number of methoxy groups -OCH3 is 1. The topological polar surface area (TPSA) is 77.8 Å². The lowest BCUT2D eigenvalue weighted by Crippen LogP contribution is -2.21. The van der Waals surface area contributed by atoms with Crippen molar-refractivity contribution < 1.29 is 18.3 Å². The van der Waals surface area contributed by atoms with Crippen LogP contribution in [0.2, 0.25) is 0 Å². The average molecular weight is 326 g/mol. The summed E-state index contributed by atoms with van der Waals surface area (Å²) in [6.07, 6.45) is 0. The fourth-order valence-corrected chi connectivity index (χ4v) is 2.36. The lowest BCUT2D eigenvalue weighted by atomic mass is 10.1. The maximum absolute atomic E-state index is 13.5. The fraction of sp³-hybridized carbons (Fsp3) is 0.111. The third kappa shape index (κ3) is 2.86. The van der Waals surface area contributed by atoms with E-state index in [4.69, 9.17) is 14.9 Å². The zero-order chi connectivity index (χ0) is 17.3. The molecule has 0 aliphatic carbocycles. The maximum atomic E-state index is 13.5. The summed E-state index contributed by atoms with van der Waals surface area (Å²) in [5, 5.41) is 0.651. The Balaban J connectivity index is 2.36. The Kier molecular flexibility index (Phi) is 4.04. The molecule has 0 radical (unpaired) electrons. The van der Waals surface area contributed by atoms with Crippen LogP contribution in [0.4, 0.5) is 10.1 Å². The number of hydrogen-bond donors (Lipinski definition) is 1. The van der Waals surface area contributed by atoms with Crippen LogP contribution in [0.5, 0.6) is 5.75 Å². The van der Waals surface area contributed by atoms with Crippen LogP contribution in [0.15, 0.2) is 51.9 Å². The second-order valence-electron chi connectivity index (χ2n) is 5.25. The fourth-order valence-electron chi connectivity index (χ4n) is 2.36. The summed E-state index contributed by atoms with van der Waals surface area (Å²) in [7, 11) is 1.51. The van der Waals surface area contributed by atoms with Gasteiger partial charge in [0.1, 0.15) is 11.4 Å². The van der Waals surface area contributed by atoms with E-state index < -0.39 is 11.7 Å². The number of hydrogen-bond acceptors (Lipinski definition) is 4. The predicted octanol–water partition coefficient (Wildman–Crippen LogP) is 3.22. The van der Waals surface area contributed by atoms with Gasteiger partial charge >= 0.3 is 0 Å². The molecule has 6 heteroatoms. The van der Waals surface area contributed by atoms with Gasteiger partial charge in [-0.2, -0.15) is 0 Å². The van der Waals surface area contributed by atoms with Gasteiger partial charge in [-0.1, -0.05) is 18.2 Å². The number of nitrogens with zero attached hydrogens (tertiary/aromatic N) is 1. The highest BCUT2D eigenvalue weighted by Gasteiger charge is 2.12. The minimum absolute atomic E-state index is 0.00759. The van der Waals surface area contributed by atoms with Crippen molar-refractivity contribution in [3.63, 3.8) is 0 Å². The molecule has 0 aliphatic rings. The molecule has 0 atom stereocenters. The van der Waals surface area contributed by atoms with Gasteiger partial charge in [-0.05, 0) is 36.8 Å². The Labute approximate surface area is 137 Å². The SMILES string of the molecule is COc1cccc2cc(C(N)=O)c(=Nc3cc(F)ccc3C)oc12. The zero-order valence-electron chi connectivity index (χ0n) is 13.2. The van der Waals surface area contributed by atoms with Crippen molar-refractivity contribution in [3.05, 3.63) is 65.0 Å². The van der Waals surface area contributed by atoms with Crippen LogP contribution in [0.3, 0.4) is 0 Å². The van der Waals surface area contributed by atoms with Gasteiger partial charge < -0.3 is 14.9 Å². The van der Waals surface area contributed by atoms with Gasteiger partial charge in [0, 0.05) is 5.39 Å². The lowest BCUT2D eigenvalue weighted by molar-refractivity contribution is 0.0996. The molecule has 0 bridgehead atoms. The number of ether oxygens (including phenoxy) is 1. The number of primary amides is 1. The van der Waals surface area contributed by atoms with Crippen LogP contribution in [-0.2, 0) is 0 Å². The van der Waals surface area contributed by atoms with Crippen molar-refractivity contribution in [2.75, 3.05) is 7.11 Å². The summed E-state index contributed by atoms with van der Waals surface area (Å²) in [5.74, 6) is -0.620. The molecule has 3 rings (SSSR count). The number of aryl methyl sites for hydroxylation is 1. The zero-order valence-corrected chi connectivity index (χ0v) is 13.2. The smallest absolute Gasteiger partial charge is 0.254 e. The minimum Gasteiger partial charge on any atom is -0.493 e. The second kappa shape index (κ2) is 6.16. The number of carbonyl (C=O) groups excluding carboxylic acids is 1. The van der Waals surface area contributed by atoms with Crippen molar-refractivity contribution in [2.45, 2.75) is 6.92 Å². The van der Waals surface area contributed by atoms with Gasteiger partial charge in [-0.15, -0.1) is 0 Å². The molecule has 1 aromatic heterocycles. The first kappa shape index (κ1) is 15.7. The molecule has 2 N–H and O–H groups in total. The van der Waals surface area contributed by atoms with E-state index in [1.165, 1.54) is 19.2 Å². The molecule has 3 aromatic rings. The highest BCUT2D eigenvalue weighted by atomic mass is 19.1. The van der Waals surface area contributed by atoms with E-state index in [-0.39, 0.29) is 11.1 Å². The Morgan fingerprint density at radius 2 is 2.04 bits per heavy atom. The first-order valence-electron chi connectivity index (χ1n) is 7.21. The second-order valence-corrected chi connectivity index (χ2v) is 5.25. The van der Waals surface area contributed by atoms with Gasteiger partial charge in [0.2, 0.25) is 5.55 Å². The highest BCUT2D eigenvalue weighted by Crippen LogP contribution is 2.25. The van der Waals surface area contributed by atoms with Gasteiger partial charge in [0.15, 0.2) is 11.3 Å². The summed E-state index contributed by atoms with van der Waals surface area (Å²) in [5.41, 5.74) is 7.08. The quantitative estimate of drug-likeness (QED) is 0.802. The monoisotopic (exact) mass is 326 g/mol. The number of fused-ring (bicyclic) bond motifs is 1. The summed E-state index contributed by atoms with van der Waals surface area (Å²) < 4.78 is 24.5. The molecular weight excluding hydrogens is 311 g/mol. The summed E-state index contributed by atoms with van der Waals surface area (Å²) in [6.45, 7) is 1.78. The molecule has 0 aliphatic heterocycles. The lowest BCUT2D eigenvalue weighted by Gasteiger charge is -2.06. The molecule has 24 heavy (non-hydrogen) atoms. The first-order valence-corrected chi connectivity index (χ1v) is 7.21. The van der Waals surface area contributed by atoms with Gasteiger partial charge in [0.25, 0.3) is 5.91 Å². The van der Waals surface area contributed by atoms with Gasteiger partial charge in [-0.3, -0.25) is 4.79 Å². The van der Waals surface area contributed by atoms with E-state index in [1.54, 1.807) is 37.3 Å². The molecule has 0 saturated carbocycles. The number of carbonyl (C=O) groups is 1. The molecule has 2 aromatic carbocycles. The number of benzene rings is 2. The van der Waals surface area contributed by atoms with Crippen molar-refractivity contribution >= 4 is 22.6 Å². The molecule has 0 unspecified atom stereocenters. The normalized spacial score (nSPS) is 11.7. The Hall–Kier alpha value is -3.15. The number of para-hydroxylation sites is 1. The van der Waals surface area contributed by atoms with Gasteiger partial charge in [-0.25, -0.2) is 9.38 Å². The van der Waals surface area contributed by atoms with Crippen LogP contribution in [0, 0.1) is 12.7 Å². The third-order valence-electron chi connectivity index (χ3n) is 3.62. The van der Waals surface area contributed by atoms with E-state index in [2.05, 4.69) is 4.99 Å². The van der Waals surface area contributed by atoms with Crippen LogP contribution in [-0.4, -0.2) is 13.0 Å². The summed E-state index contributed by atoms with van der Waals surface area (Å²) in [4.78, 5) is 16.0. The van der Waals surface area contributed by atoms with Crippen molar-refractivity contribution in [1.82, 2.24) is 0 Å². The van der Waals surface area contributed by atoms with E-state index in [0.29, 0.717) is 22.4 Å². The van der Waals surface area contributed by atoms with E-state index in [9.17, 15) is 9.18 Å². The number of halogens is 1. The summed E-state index contributed by atoms with van der Waals surface area (Å²) in [6, 6.07) is 11.1. The van der Waals surface area contributed by atoms with Crippen LogP contribution in [0.1, 0.15) is 15.9 Å². The number of nitrogens with two attached hydrogens (primary N) is 1. The molecule has 1 heterocycles. The first-order chi connectivity index (χ1) is 11.5. The van der Waals surface area contributed by atoms with Crippen molar-refractivity contribution in [2.24, 2.45) is 10.7 Å². The maximum Gasteiger partial charge on any atom is 0.254 e. The Morgan fingerprint density at radius 3 is 2.75 bits per heavy atom. The molecular formula is C18H15FN2O3. The highest BCUT2D eigenvalue weighted by molar-refractivity contribution is 5.96. The van der Waals surface area contributed by atoms with Crippen LogP contribution in [0.25, 0.3) is 11.0 Å². The minimum atomic E-state index is -0.684. The standard InChI is InChI=1S/C18H15FN2O3/c1-10-6-7-12(19)9-14(10)21-18-13(17(20)22)8-11-4-3-5-15(23-2)16(11)24-18/h3-9H,1-2H3,(H2,20,22). The molecule has 122 valence electrons. The molecule has 1 amide bonds. The van der Waals surface area contributed by atoms with Crippen molar-refractivity contribution in [3.8, 4) is 5.75 Å². The molecule has 0 fully saturated rings. The third-order valence-corrected chi connectivity index (χ3v) is 3.62.